The summed E-state index contributed by atoms with van der Waals surface area (Å²) in [6.07, 6.45) is 4.17. The Balaban J connectivity index is 2.40. The highest BCUT2D eigenvalue weighted by Crippen LogP contribution is 2.32. The molecular formula is C9H18O. The Labute approximate surface area is 63.8 Å². The van der Waals surface area contributed by atoms with Crippen LogP contribution < -0.4 is 0 Å². The van der Waals surface area contributed by atoms with Crippen LogP contribution in [0.5, 0.6) is 0 Å². The zero-order chi connectivity index (χ0) is 7.61. The number of hydrogen-bond donors (Lipinski definition) is 0. The van der Waals surface area contributed by atoms with Gasteiger partial charge in [-0.3, -0.25) is 0 Å². The van der Waals surface area contributed by atoms with Gasteiger partial charge >= 0.3 is 0 Å². The quantitative estimate of drug-likeness (QED) is 0.547. The molecule has 0 aliphatic carbocycles. The van der Waals surface area contributed by atoms with Crippen molar-refractivity contribution in [3.8, 4) is 0 Å². The van der Waals surface area contributed by atoms with Crippen molar-refractivity contribution in [3.05, 3.63) is 0 Å². The molecule has 0 aromatic rings. The van der Waals surface area contributed by atoms with Crippen molar-refractivity contribution in [1.29, 1.82) is 0 Å². The standard InChI is InChI=1S/C9H18O/c1-4-8-7-9(2,3)5-6-10-8/h8H,4-7H2,1-3H3/t8-/m1/s1. The van der Waals surface area contributed by atoms with Crippen molar-refractivity contribution < 1.29 is 4.74 Å². The van der Waals surface area contributed by atoms with E-state index < -0.39 is 0 Å². The second-order valence-corrected chi connectivity index (χ2v) is 4.02. The molecule has 1 heterocycles. The van der Waals surface area contributed by atoms with E-state index in [9.17, 15) is 0 Å². The van der Waals surface area contributed by atoms with Gasteiger partial charge in [-0.1, -0.05) is 20.8 Å². The van der Waals surface area contributed by atoms with Crippen LogP contribution in [0.1, 0.15) is 40.0 Å². The van der Waals surface area contributed by atoms with E-state index in [1.165, 1.54) is 19.3 Å². The first kappa shape index (κ1) is 8.06. The second-order valence-electron chi connectivity index (χ2n) is 4.02. The van der Waals surface area contributed by atoms with Crippen molar-refractivity contribution in [2.75, 3.05) is 6.61 Å². The SMILES string of the molecule is CC[C@@H]1CC(C)(C)CCO1. The highest BCUT2D eigenvalue weighted by molar-refractivity contribution is 4.77. The zero-order valence-electron chi connectivity index (χ0n) is 7.31. The molecule has 1 fully saturated rings. The first-order valence-corrected chi connectivity index (χ1v) is 4.26. The summed E-state index contributed by atoms with van der Waals surface area (Å²) in [4.78, 5) is 0. The third-order valence-corrected chi connectivity index (χ3v) is 2.37. The van der Waals surface area contributed by atoms with Gasteiger partial charge in [-0.25, -0.2) is 0 Å². The maximum atomic E-state index is 5.56. The van der Waals surface area contributed by atoms with Crippen LogP contribution in [0.25, 0.3) is 0 Å². The lowest BCUT2D eigenvalue weighted by Crippen LogP contribution is -2.30. The van der Waals surface area contributed by atoms with Crippen LogP contribution in [0.4, 0.5) is 0 Å². The Morgan fingerprint density at radius 1 is 1.50 bits per heavy atom. The third kappa shape index (κ3) is 1.98. The molecule has 0 bridgehead atoms. The van der Waals surface area contributed by atoms with E-state index in [0.29, 0.717) is 11.5 Å². The summed E-state index contributed by atoms with van der Waals surface area (Å²) < 4.78 is 5.56. The maximum Gasteiger partial charge on any atom is 0.0577 e. The van der Waals surface area contributed by atoms with E-state index >= 15 is 0 Å². The van der Waals surface area contributed by atoms with Crippen LogP contribution in [0, 0.1) is 5.41 Å². The van der Waals surface area contributed by atoms with Crippen molar-refractivity contribution in [3.63, 3.8) is 0 Å². The van der Waals surface area contributed by atoms with Crippen LogP contribution in [-0.4, -0.2) is 12.7 Å². The molecule has 0 amide bonds. The van der Waals surface area contributed by atoms with Gasteiger partial charge in [0.05, 0.1) is 6.10 Å². The molecule has 1 saturated heterocycles. The van der Waals surface area contributed by atoms with E-state index in [1.807, 2.05) is 0 Å². The molecule has 1 aliphatic rings. The third-order valence-electron chi connectivity index (χ3n) is 2.37. The first-order valence-electron chi connectivity index (χ1n) is 4.26. The Kier molecular flexibility index (Phi) is 2.35. The Hall–Kier alpha value is -0.0400. The van der Waals surface area contributed by atoms with E-state index in [1.54, 1.807) is 0 Å². The predicted molar refractivity (Wildman–Crippen MR) is 43.0 cm³/mol. The Bertz CT molecular complexity index is 107. The van der Waals surface area contributed by atoms with Gasteiger partial charge in [-0.05, 0) is 24.7 Å². The lowest BCUT2D eigenvalue weighted by molar-refractivity contribution is -0.0368. The molecule has 0 N–H and O–H groups in total. The predicted octanol–water partition coefficient (Wildman–Crippen LogP) is 2.60. The molecule has 0 unspecified atom stereocenters. The molecule has 0 saturated carbocycles. The summed E-state index contributed by atoms with van der Waals surface area (Å²) in [5.74, 6) is 0. The normalized spacial score (nSPS) is 32.1. The van der Waals surface area contributed by atoms with Crippen LogP contribution in [0.15, 0.2) is 0 Å². The molecule has 1 rings (SSSR count). The topological polar surface area (TPSA) is 9.23 Å². The molecular weight excluding hydrogens is 124 g/mol. The summed E-state index contributed by atoms with van der Waals surface area (Å²) in [5.41, 5.74) is 0.527. The summed E-state index contributed by atoms with van der Waals surface area (Å²) in [6.45, 7) is 7.83. The van der Waals surface area contributed by atoms with Gasteiger partial charge in [0, 0.05) is 6.61 Å². The average molecular weight is 142 g/mol. The number of hydrogen-bond acceptors (Lipinski definition) is 1. The summed E-state index contributed by atoms with van der Waals surface area (Å²) in [6, 6.07) is 0. The second kappa shape index (κ2) is 2.91. The summed E-state index contributed by atoms with van der Waals surface area (Å²) in [5, 5.41) is 0. The summed E-state index contributed by atoms with van der Waals surface area (Å²) in [7, 11) is 0. The highest BCUT2D eigenvalue weighted by atomic mass is 16.5. The minimum Gasteiger partial charge on any atom is -0.378 e. The summed E-state index contributed by atoms with van der Waals surface area (Å²) >= 11 is 0. The van der Waals surface area contributed by atoms with E-state index in [0.717, 1.165) is 6.61 Å². The highest BCUT2D eigenvalue weighted by Gasteiger charge is 2.27. The number of rotatable bonds is 1. The monoisotopic (exact) mass is 142 g/mol. The molecule has 1 heteroatoms. The maximum absolute atomic E-state index is 5.56. The van der Waals surface area contributed by atoms with Gasteiger partial charge in [0.25, 0.3) is 0 Å². The van der Waals surface area contributed by atoms with E-state index in [4.69, 9.17) is 4.74 Å². The molecule has 0 spiro atoms. The molecule has 1 aliphatic heterocycles. The zero-order valence-corrected chi connectivity index (χ0v) is 7.31. The Morgan fingerprint density at radius 3 is 2.60 bits per heavy atom. The van der Waals surface area contributed by atoms with Crippen LogP contribution in [0.3, 0.4) is 0 Å². The number of ether oxygens (including phenoxy) is 1. The average Bonchev–Trinajstić information content (AvgIpc) is 1.86. The van der Waals surface area contributed by atoms with Gasteiger partial charge < -0.3 is 4.74 Å². The first-order chi connectivity index (χ1) is 4.64. The smallest absolute Gasteiger partial charge is 0.0577 e. The fraction of sp³-hybridized carbons (Fsp3) is 1.00. The largest absolute Gasteiger partial charge is 0.378 e. The molecule has 10 heavy (non-hydrogen) atoms. The van der Waals surface area contributed by atoms with E-state index in [2.05, 4.69) is 20.8 Å². The molecule has 0 aromatic carbocycles. The van der Waals surface area contributed by atoms with Gasteiger partial charge in [-0.15, -0.1) is 0 Å². The molecule has 1 atom stereocenters. The Morgan fingerprint density at radius 2 is 2.20 bits per heavy atom. The lowest BCUT2D eigenvalue weighted by atomic mass is 9.81. The van der Waals surface area contributed by atoms with Gasteiger partial charge in [0.1, 0.15) is 0 Å². The molecule has 60 valence electrons. The minimum absolute atomic E-state index is 0.527. The van der Waals surface area contributed by atoms with Gasteiger partial charge in [-0.2, -0.15) is 0 Å². The minimum atomic E-state index is 0.527. The van der Waals surface area contributed by atoms with Crippen molar-refractivity contribution in [1.82, 2.24) is 0 Å². The lowest BCUT2D eigenvalue weighted by Gasteiger charge is -2.34. The van der Waals surface area contributed by atoms with Crippen molar-refractivity contribution in [2.24, 2.45) is 5.41 Å². The fourth-order valence-corrected chi connectivity index (χ4v) is 1.54. The van der Waals surface area contributed by atoms with E-state index in [-0.39, 0.29) is 0 Å². The molecule has 0 radical (unpaired) electrons. The molecule has 1 nitrogen and oxygen atoms in total. The molecule has 0 aromatic heterocycles. The van der Waals surface area contributed by atoms with Crippen molar-refractivity contribution in [2.45, 2.75) is 46.1 Å². The van der Waals surface area contributed by atoms with Crippen LogP contribution in [0.2, 0.25) is 0 Å². The van der Waals surface area contributed by atoms with Gasteiger partial charge in [0.15, 0.2) is 0 Å². The van der Waals surface area contributed by atoms with Crippen LogP contribution in [-0.2, 0) is 4.74 Å². The van der Waals surface area contributed by atoms with Crippen molar-refractivity contribution >= 4 is 0 Å². The fourth-order valence-electron chi connectivity index (χ4n) is 1.54. The van der Waals surface area contributed by atoms with Gasteiger partial charge in [0.2, 0.25) is 0 Å². The van der Waals surface area contributed by atoms with Crippen LogP contribution >= 0.6 is 0 Å².